The minimum atomic E-state index is -0.678. The number of carbonyl (C=O) groups is 1. The van der Waals surface area contributed by atoms with E-state index < -0.39 is 5.54 Å². The average Bonchev–Trinajstić information content (AvgIpc) is 2.97. The smallest absolute Gasteiger partial charge is 0.244 e. The van der Waals surface area contributed by atoms with Crippen molar-refractivity contribution < 1.29 is 4.79 Å². The number of nitrogens with one attached hydrogen (secondary N) is 1. The largest absolute Gasteiger partial charge is 0.366 e. The van der Waals surface area contributed by atoms with Crippen molar-refractivity contribution in [2.24, 2.45) is 5.73 Å². The van der Waals surface area contributed by atoms with Crippen molar-refractivity contribution in [1.29, 1.82) is 0 Å². The van der Waals surface area contributed by atoms with Gasteiger partial charge in [-0.15, -0.1) is 0 Å². The fraction of sp³-hybridized carbons (Fsp3) is 0.650. The standard InChI is InChI=1S/C20H31N3O/c1-14-13-17(22-19(24)20(21)11-4-5-12-20)9-10-18(14)23-15(2)7-6-8-16(23)3/h9-10,13,15-16H,4-8,11-12,21H2,1-3H3,(H,22,24). The van der Waals surface area contributed by atoms with E-state index in [1.54, 1.807) is 0 Å². The summed E-state index contributed by atoms with van der Waals surface area (Å²) in [5, 5.41) is 3.04. The summed E-state index contributed by atoms with van der Waals surface area (Å²) in [4.78, 5) is 15.0. The molecule has 1 aromatic carbocycles. The lowest BCUT2D eigenvalue weighted by Gasteiger charge is -2.41. The Morgan fingerprint density at radius 2 is 1.79 bits per heavy atom. The first-order valence-electron chi connectivity index (χ1n) is 9.40. The zero-order valence-corrected chi connectivity index (χ0v) is 15.3. The Labute approximate surface area is 145 Å². The maximum atomic E-state index is 12.5. The number of hydrogen-bond acceptors (Lipinski definition) is 3. The van der Waals surface area contributed by atoms with Gasteiger partial charge in [-0.3, -0.25) is 4.79 Å². The maximum Gasteiger partial charge on any atom is 0.244 e. The van der Waals surface area contributed by atoms with E-state index in [1.165, 1.54) is 30.5 Å². The average molecular weight is 329 g/mol. The summed E-state index contributed by atoms with van der Waals surface area (Å²) in [5.74, 6) is -0.0353. The van der Waals surface area contributed by atoms with Crippen LogP contribution in [0.3, 0.4) is 0 Å². The van der Waals surface area contributed by atoms with Gasteiger partial charge in [-0.25, -0.2) is 0 Å². The molecule has 2 fully saturated rings. The summed E-state index contributed by atoms with van der Waals surface area (Å²) < 4.78 is 0. The van der Waals surface area contributed by atoms with Gasteiger partial charge < -0.3 is 16.0 Å². The molecule has 3 rings (SSSR count). The van der Waals surface area contributed by atoms with E-state index in [-0.39, 0.29) is 5.91 Å². The molecule has 1 saturated carbocycles. The highest BCUT2D eigenvalue weighted by Crippen LogP contribution is 2.33. The molecule has 1 heterocycles. The summed E-state index contributed by atoms with van der Waals surface area (Å²) >= 11 is 0. The molecule has 2 unspecified atom stereocenters. The molecule has 3 N–H and O–H groups in total. The number of nitrogens with zero attached hydrogens (tertiary/aromatic N) is 1. The Morgan fingerprint density at radius 1 is 1.17 bits per heavy atom. The first kappa shape index (κ1) is 17.3. The van der Waals surface area contributed by atoms with Crippen molar-refractivity contribution in [2.45, 2.75) is 83.3 Å². The molecule has 1 saturated heterocycles. The molecule has 2 atom stereocenters. The number of aryl methyl sites for hydroxylation is 1. The Bertz CT molecular complexity index is 597. The Morgan fingerprint density at radius 3 is 2.38 bits per heavy atom. The van der Waals surface area contributed by atoms with Crippen LogP contribution in [0.2, 0.25) is 0 Å². The molecule has 24 heavy (non-hydrogen) atoms. The summed E-state index contributed by atoms with van der Waals surface area (Å²) in [6.07, 6.45) is 7.48. The van der Waals surface area contributed by atoms with Crippen LogP contribution in [0.15, 0.2) is 18.2 Å². The molecule has 0 radical (unpaired) electrons. The van der Waals surface area contributed by atoms with E-state index in [2.05, 4.69) is 43.1 Å². The molecule has 0 bridgehead atoms. The van der Waals surface area contributed by atoms with Crippen LogP contribution in [0.1, 0.15) is 64.4 Å². The zero-order valence-electron chi connectivity index (χ0n) is 15.3. The maximum absolute atomic E-state index is 12.5. The molecule has 132 valence electrons. The number of anilines is 2. The van der Waals surface area contributed by atoms with Crippen LogP contribution in [-0.4, -0.2) is 23.5 Å². The van der Waals surface area contributed by atoms with Gasteiger partial charge in [0.1, 0.15) is 0 Å². The van der Waals surface area contributed by atoms with Crippen molar-refractivity contribution in [3.63, 3.8) is 0 Å². The van der Waals surface area contributed by atoms with Crippen molar-refractivity contribution in [2.75, 3.05) is 10.2 Å². The van der Waals surface area contributed by atoms with Gasteiger partial charge in [-0.2, -0.15) is 0 Å². The van der Waals surface area contributed by atoms with Gasteiger partial charge in [0, 0.05) is 23.5 Å². The predicted molar refractivity (Wildman–Crippen MR) is 100 cm³/mol. The predicted octanol–water partition coefficient (Wildman–Crippen LogP) is 3.97. The summed E-state index contributed by atoms with van der Waals surface area (Å²) in [6, 6.07) is 7.39. The number of nitrogens with two attached hydrogens (primary N) is 1. The third-order valence-electron chi connectivity index (χ3n) is 5.87. The van der Waals surface area contributed by atoms with E-state index in [0.29, 0.717) is 12.1 Å². The van der Waals surface area contributed by atoms with Gasteiger partial charge in [0.15, 0.2) is 0 Å². The van der Waals surface area contributed by atoms with E-state index in [0.717, 1.165) is 31.4 Å². The Kier molecular flexibility index (Phi) is 4.86. The first-order chi connectivity index (χ1) is 11.4. The molecule has 1 amide bonds. The van der Waals surface area contributed by atoms with Gasteiger partial charge in [0.2, 0.25) is 5.91 Å². The number of carbonyl (C=O) groups excluding carboxylic acids is 1. The number of rotatable bonds is 3. The van der Waals surface area contributed by atoms with Crippen molar-refractivity contribution in [3.8, 4) is 0 Å². The van der Waals surface area contributed by atoms with Crippen molar-refractivity contribution in [3.05, 3.63) is 23.8 Å². The highest BCUT2D eigenvalue weighted by molar-refractivity contribution is 5.98. The van der Waals surface area contributed by atoms with Crippen LogP contribution in [-0.2, 0) is 4.79 Å². The van der Waals surface area contributed by atoms with Gasteiger partial charge >= 0.3 is 0 Å². The summed E-state index contributed by atoms with van der Waals surface area (Å²) in [5.41, 5.74) is 8.93. The van der Waals surface area contributed by atoms with E-state index in [1.807, 2.05) is 6.07 Å². The third-order valence-corrected chi connectivity index (χ3v) is 5.87. The van der Waals surface area contributed by atoms with Gasteiger partial charge in [-0.05, 0) is 76.6 Å². The molecular weight excluding hydrogens is 298 g/mol. The molecule has 2 aliphatic rings. The second-order valence-corrected chi connectivity index (χ2v) is 7.85. The monoisotopic (exact) mass is 329 g/mol. The number of piperidine rings is 1. The minimum absolute atomic E-state index is 0.0353. The molecule has 1 aliphatic carbocycles. The minimum Gasteiger partial charge on any atom is -0.366 e. The van der Waals surface area contributed by atoms with E-state index in [4.69, 9.17) is 5.73 Å². The fourth-order valence-corrected chi connectivity index (χ4v) is 4.41. The quantitative estimate of drug-likeness (QED) is 0.882. The van der Waals surface area contributed by atoms with Gasteiger partial charge in [0.05, 0.1) is 5.54 Å². The van der Waals surface area contributed by atoms with Crippen molar-refractivity contribution >= 4 is 17.3 Å². The van der Waals surface area contributed by atoms with Crippen LogP contribution >= 0.6 is 0 Å². The molecule has 0 aromatic heterocycles. The number of amides is 1. The molecule has 1 aromatic rings. The van der Waals surface area contributed by atoms with E-state index >= 15 is 0 Å². The van der Waals surface area contributed by atoms with Crippen molar-refractivity contribution in [1.82, 2.24) is 0 Å². The van der Waals surface area contributed by atoms with E-state index in [9.17, 15) is 4.79 Å². The number of benzene rings is 1. The van der Waals surface area contributed by atoms with Gasteiger partial charge in [0.25, 0.3) is 0 Å². The van der Waals surface area contributed by atoms with Crippen LogP contribution in [0.25, 0.3) is 0 Å². The second kappa shape index (κ2) is 6.75. The highest BCUT2D eigenvalue weighted by atomic mass is 16.2. The molecule has 4 heteroatoms. The van der Waals surface area contributed by atoms with Crippen LogP contribution in [0.4, 0.5) is 11.4 Å². The first-order valence-corrected chi connectivity index (χ1v) is 9.40. The van der Waals surface area contributed by atoms with Crippen LogP contribution < -0.4 is 16.0 Å². The lowest BCUT2D eigenvalue weighted by Crippen LogP contribution is -2.48. The fourth-order valence-electron chi connectivity index (χ4n) is 4.41. The number of hydrogen-bond donors (Lipinski definition) is 2. The molecule has 1 aliphatic heterocycles. The Hall–Kier alpha value is -1.55. The molecule has 4 nitrogen and oxygen atoms in total. The molecule has 0 spiro atoms. The lowest BCUT2D eigenvalue weighted by molar-refractivity contribution is -0.121. The molecular formula is C20H31N3O. The van der Waals surface area contributed by atoms with Gasteiger partial charge in [-0.1, -0.05) is 12.8 Å². The third kappa shape index (κ3) is 3.30. The highest BCUT2D eigenvalue weighted by Gasteiger charge is 2.37. The SMILES string of the molecule is Cc1cc(NC(=O)C2(N)CCCC2)ccc1N1C(C)CCCC1C. The summed E-state index contributed by atoms with van der Waals surface area (Å²) in [7, 11) is 0. The van der Waals surface area contributed by atoms with Crippen LogP contribution in [0, 0.1) is 6.92 Å². The Balaban J connectivity index is 1.76. The second-order valence-electron chi connectivity index (χ2n) is 7.85. The normalized spacial score (nSPS) is 26.4. The topological polar surface area (TPSA) is 58.4 Å². The zero-order chi connectivity index (χ0) is 17.3. The lowest BCUT2D eigenvalue weighted by atomic mass is 9.95. The summed E-state index contributed by atoms with van der Waals surface area (Å²) in [6.45, 7) is 6.75. The van der Waals surface area contributed by atoms with Crippen LogP contribution in [0.5, 0.6) is 0 Å².